The molecule has 3 aromatic rings. The van der Waals surface area contributed by atoms with Gasteiger partial charge >= 0.3 is 0 Å². The maximum absolute atomic E-state index is 14.2. The van der Waals surface area contributed by atoms with E-state index < -0.39 is 34.7 Å². The molecule has 38 heavy (non-hydrogen) atoms. The Bertz CT molecular complexity index is 1370. The maximum atomic E-state index is 14.2. The number of hydrogen-bond donors (Lipinski definition) is 1. The number of carbonyl (C=O) groups is 3. The van der Waals surface area contributed by atoms with Crippen LogP contribution in [0.2, 0.25) is 0 Å². The van der Waals surface area contributed by atoms with Gasteiger partial charge in [0.05, 0.1) is 24.0 Å². The molecule has 0 aromatic heterocycles. The molecule has 0 bridgehead atoms. The lowest BCUT2D eigenvalue weighted by Crippen LogP contribution is -2.47. The highest BCUT2D eigenvalue weighted by Crippen LogP contribution is 2.53. The first-order valence-electron chi connectivity index (χ1n) is 12.4. The van der Waals surface area contributed by atoms with Crippen LogP contribution >= 0.6 is 0 Å². The monoisotopic (exact) mass is 513 g/mol. The van der Waals surface area contributed by atoms with Crippen LogP contribution in [-0.2, 0) is 9.59 Å². The van der Waals surface area contributed by atoms with E-state index in [4.69, 9.17) is 10.5 Å². The molecule has 1 aliphatic heterocycles. The van der Waals surface area contributed by atoms with Gasteiger partial charge in [-0.05, 0) is 36.1 Å². The fourth-order valence-electron chi connectivity index (χ4n) is 5.52. The number of ether oxygens (including phenoxy) is 1. The summed E-state index contributed by atoms with van der Waals surface area (Å²) in [4.78, 5) is 53.3. The molecule has 4 atom stereocenters. The van der Waals surface area contributed by atoms with Crippen molar-refractivity contribution < 1.29 is 24.0 Å². The number of benzene rings is 3. The first kappa shape index (κ1) is 25.1. The number of likely N-dealkylation sites (tertiary alicyclic amines) is 1. The molecule has 9 heteroatoms. The lowest BCUT2D eigenvalue weighted by atomic mass is 9.76. The van der Waals surface area contributed by atoms with Crippen LogP contribution in [0.1, 0.15) is 46.3 Å². The summed E-state index contributed by atoms with van der Waals surface area (Å²) in [5.41, 5.74) is 7.48. The fourth-order valence-corrected chi connectivity index (χ4v) is 5.52. The third kappa shape index (κ3) is 4.51. The number of carbonyl (C=O) groups excluding carboxylic acids is 3. The van der Waals surface area contributed by atoms with Gasteiger partial charge in [-0.15, -0.1) is 0 Å². The van der Waals surface area contributed by atoms with Crippen molar-refractivity contribution in [3.05, 3.63) is 106 Å². The number of non-ortho nitro benzene ring substituents is 1. The van der Waals surface area contributed by atoms with Crippen molar-refractivity contribution in [2.75, 3.05) is 7.11 Å². The number of nitrogens with zero attached hydrogens (tertiary/aromatic N) is 2. The number of ketones is 1. The third-order valence-electron chi connectivity index (χ3n) is 7.45. The normalized spacial score (nSPS) is 22.6. The van der Waals surface area contributed by atoms with Crippen LogP contribution < -0.4 is 10.5 Å². The number of nitrogens with two attached hydrogens (primary N) is 1. The Hall–Kier alpha value is -4.53. The smallest absolute Gasteiger partial charge is 0.269 e. The van der Waals surface area contributed by atoms with Gasteiger partial charge in [-0.25, -0.2) is 0 Å². The summed E-state index contributed by atoms with van der Waals surface area (Å²) in [5.74, 6) is -2.50. The van der Waals surface area contributed by atoms with Crippen LogP contribution in [0, 0.1) is 22.0 Å². The SMILES string of the molecule is COc1ccc(C2C(C(=O)c3ccccc3)C(c3ccc([N+](=O)[O-])cc3)C(C(N)=O)N2C(=O)C2CC2)cc1. The van der Waals surface area contributed by atoms with Gasteiger partial charge in [0.2, 0.25) is 11.8 Å². The number of nitro groups is 1. The number of primary amides is 1. The molecule has 5 rings (SSSR count). The van der Waals surface area contributed by atoms with E-state index in [-0.39, 0.29) is 23.3 Å². The number of nitro benzene ring substituents is 1. The average Bonchev–Trinajstić information content (AvgIpc) is 3.73. The average molecular weight is 514 g/mol. The van der Waals surface area contributed by atoms with Crippen molar-refractivity contribution in [1.29, 1.82) is 0 Å². The van der Waals surface area contributed by atoms with Crippen LogP contribution in [0.4, 0.5) is 5.69 Å². The molecule has 9 nitrogen and oxygen atoms in total. The van der Waals surface area contributed by atoms with E-state index in [1.807, 2.05) is 0 Å². The number of amides is 2. The molecule has 3 aromatic carbocycles. The topological polar surface area (TPSA) is 133 Å². The summed E-state index contributed by atoms with van der Waals surface area (Å²) < 4.78 is 5.30. The first-order valence-corrected chi connectivity index (χ1v) is 12.4. The summed E-state index contributed by atoms with van der Waals surface area (Å²) in [6.45, 7) is 0. The van der Waals surface area contributed by atoms with Gasteiger partial charge in [0, 0.05) is 29.5 Å². The number of methoxy groups -OCH3 is 1. The van der Waals surface area contributed by atoms with Crippen LogP contribution in [0.3, 0.4) is 0 Å². The van der Waals surface area contributed by atoms with E-state index in [1.165, 1.54) is 17.0 Å². The highest BCUT2D eigenvalue weighted by atomic mass is 16.6. The zero-order chi connectivity index (χ0) is 27.0. The Labute approximate surface area is 219 Å². The van der Waals surface area contributed by atoms with E-state index in [0.717, 1.165) is 0 Å². The van der Waals surface area contributed by atoms with Gasteiger partial charge in [0.25, 0.3) is 5.69 Å². The molecule has 2 amide bonds. The van der Waals surface area contributed by atoms with Gasteiger partial charge in [0.1, 0.15) is 11.8 Å². The van der Waals surface area contributed by atoms with Crippen LogP contribution in [0.5, 0.6) is 5.75 Å². The predicted octanol–water partition coefficient (Wildman–Crippen LogP) is 4.03. The number of Topliss-reactive ketones (excluding diaryl/α,β-unsaturated/α-hetero) is 1. The summed E-state index contributed by atoms with van der Waals surface area (Å²) in [6, 6.07) is 19.6. The molecule has 1 aliphatic carbocycles. The molecule has 194 valence electrons. The predicted molar refractivity (Wildman–Crippen MR) is 138 cm³/mol. The Morgan fingerprint density at radius 3 is 2.05 bits per heavy atom. The Kier molecular flexibility index (Phi) is 6.67. The summed E-state index contributed by atoms with van der Waals surface area (Å²) in [7, 11) is 1.54. The van der Waals surface area contributed by atoms with E-state index in [2.05, 4.69) is 0 Å². The molecule has 1 saturated carbocycles. The molecule has 1 heterocycles. The molecule has 1 saturated heterocycles. The maximum Gasteiger partial charge on any atom is 0.269 e. The molecule has 2 fully saturated rings. The van der Waals surface area contributed by atoms with Crippen molar-refractivity contribution in [1.82, 2.24) is 4.90 Å². The molecule has 2 N–H and O–H groups in total. The molecule has 4 unspecified atom stereocenters. The molecule has 0 spiro atoms. The zero-order valence-corrected chi connectivity index (χ0v) is 20.7. The lowest BCUT2D eigenvalue weighted by Gasteiger charge is -2.31. The molecular formula is C29H27N3O6. The van der Waals surface area contributed by atoms with Crippen LogP contribution in [0.25, 0.3) is 0 Å². The van der Waals surface area contributed by atoms with Crippen molar-refractivity contribution in [2.45, 2.75) is 30.8 Å². The minimum atomic E-state index is -1.12. The standard InChI is InChI=1S/C29H27N3O6/c1-38-22-15-11-18(12-16-22)25-24(27(33)19-5-3-2-4-6-19)23(17-9-13-21(14-10-17)32(36)37)26(28(30)34)31(25)29(35)20-7-8-20/h2-6,9-16,20,23-26H,7-8H2,1H3,(H2,30,34). The molecule has 2 aliphatic rings. The van der Waals surface area contributed by atoms with Crippen molar-refractivity contribution >= 4 is 23.3 Å². The Morgan fingerprint density at radius 2 is 1.53 bits per heavy atom. The van der Waals surface area contributed by atoms with Gasteiger partial charge in [-0.1, -0.05) is 54.6 Å². The second-order valence-corrected chi connectivity index (χ2v) is 9.72. The second-order valence-electron chi connectivity index (χ2n) is 9.72. The minimum Gasteiger partial charge on any atom is -0.497 e. The first-order chi connectivity index (χ1) is 18.3. The minimum absolute atomic E-state index is 0.120. The fraction of sp³-hybridized carbons (Fsp3) is 0.276. The van der Waals surface area contributed by atoms with Gasteiger partial charge in [-0.2, -0.15) is 0 Å². The largest absolute Gasteiger partial charge is 0.497 e. The quantitative estimate of drug-likeness (QED) is 0.275. The zero-order valence-electron chi connectivity index (χ0n) is 20.7. The lowest BCUT2D eigenvalue weighted by molar-refractivity contribution is -0.384. The third-order valence-corrected chi connectivity index (χ3v) is 7.45. The van der Waals surface area contributed by atoms with E-state index >= 15 is 0 Å². The van der Waals surface area contributed by atoms with E-state index in [9.17, 15) is 24.5 Å². The Morgan fingerprint density at radius 1 is 0.921 bits per heavy atom. The van der Waals surface area contributed by atoms with Crippen LogP contribution in [0.15, 0.2) is 78.9 Å². The highest BCUT2D eigenvalue weighted by Gasteiger charge is 2.58. The number of rotatable bonds is 8. The molecular weight excluding hydrogens is 486 g/mol. The van der Waals surface area contributed by atoms with Gasteiger partial charge in [0.15, 0.2) is 5.78 Å². The van der Waals surface area contributed by atoms with E-state index in [0.29, 0.717) is 35.3 Å². The summed E-state index contributed by atoms with van der Waals surface area (Å²) in [5, 5.41) is 11.3. The van der Waals surface area contributed by atoms with Crippen LogP contribution in [-0.4, -0.2) is 40.6 Å². The van der Waals surface area contributed by atoms with Crippen molar-refractivity contribution in [3.8, 4) is 5.75 Å². The highest BCUT2D eigenvalue weighted by molar-refractivity contribution is 6.02. The van der Waals surface area contributed by atoms with E-state index in [1.54, 1.807) is 73.8 Å². The van der Waals surface area contributed by atoms with Crippen molar-refractivity contribution in [3.63, 3.8) is 0 Å². The summed E-state index contributed by atoms with van der Waals surface area (Å²) in [6.07, 6.45) is 1.41. The second kappa shape index (κ2) is 10.1. The van der Waals surface area contributed by atoms with Gasteiger partial charge < -0.3 is 15.4 Å². The van der Waals surface area contributed by atoms with Crippen molar-refractivity contribution in [2.24, 2.45) is 17.6 Å². The Balaban J connectivity index is 1.73. The molecule has 0 radical (unpaired) electrons. The van der Waals surface area contributed by atoms with Gasteiger partial charge in [-0.3, -0.25) is 24.5 Å². The summed E-state index contributed by atoms with van der Waals surface area (Å²) >= 11 is 0. The number of hydrogen-bond acceptors (Lipinski definition) is 6.